The van der Waals surface area contributed by atoms with Crippen LogP contribution >= 0.6 is 0 Å². The number of ether oxygens (including phenoxy) is 1. The Hall–Kier alpha value is -1.51. The fourth-order valence-electron chi connectivity index (χ4n) is 2.61. The Bertz CT molecular complexity index is 454. The van der Waals surface area contributed by atoms with Gasteiger partial charge in [0.1, 0.15) is 0 Å². The van der Waals surface area contributed by atoms with Crippen LogP contribution in [0.2, 0.25) is 0 Å². The number of hydrogen-bond acceptors (Lipinski definition) is 2. The Morgan fingerprint density at radius 3 is 2.42 bits per heavy atom. The molecule has 0 fully saturated rings. The molecule has 0 radical (unpaired) electrons. The van der Waals surface area contributed by atoms with Crippen molar-refractivity contribution in [2.24, 2.45) is 5.92 Å². The molecule has 1 atom stereocenters. The van der Waals surface area contributed by atoms with E-state index in [1.165, 1.54) is 11.1 Å². The maximum absolute atomic E-state index is 12.2. The van der Waals surface area contributed by atoms with Gasteiger partial charge in [0, 0.05) is 12.6 Å². The second-order valence-corrected chi connectivity index (χ2v) is 5.84. The van der Waals surface area contributed by atoms with E-state index in [4.69, 9.17) is 4.74 Å². The van der Waals surface area contributed by atoms with Gasteiger partial charge in [0.15, 0.2) is 0 Å². The predicted octanol–water partition coefficient (Wildman–Crippen LogP) is 3.61. The number of rotatable bonds is 2. The van der Waals surface area contributed by atoms with Gasteiger partial charge in [-0.2, -0.15) is 0 Å². The fraction of sp³-hybridized carbons (Fsp3) is 0.562. The highest BCUT2D eigenvalue weighted by atomic mass is 16.6. The van der Waals surface area contributed by atoms with Crippen molar-refractivity contribution in [3.8, 4) is 0 Å². The Kier molecular flexibility index (Phi) is 4.13. The van der Waals surface area contributed by atoms with Gasteiger partial charge in [-0.05, 0) is 37.3 Å². The first-order valence-corrected chi connectivity index (χ1v) is 7.03. The van der Waals surface area contributed by atoms with Crippen LogP contribution in [0.4, 0.5) is 4.79 Å². The molecule has 1 heterocycles. The lowest BCUT2D eigenvalue weighted by atomic mass is 9.88. The lowest BCUT2D eigenvalue weighted by Crippen LogP contribution is -2.47. The molecular formula is C16H23NO2. The SMILES string of the molecule is CC(C)OC(=O)N1Cc2ccccc2CC1C(C)C. The van der Waals surface area contributed by atoms with Gasteiger partial charge in [-0.3, -0.25) is 0 Å². The van der Waals surface area contributed by atoms with Crippen LogP contribution in [0.15, 0.2) is 24.3 Å². The number of carbonyl (C=O) groups excluding carboxylic acids is 1. The van der Waals surface area contributed by atoms with Crippen LogP contribution in [0.3, 0.4) is 0 Å². The van der Waals surface area contributed by atoms with Crippen LogP contribution < -0.4 is 0 Å². The van der Waals surface area contributed by atoms with E-state index < -0.39 is 0 Å². The average Bonchev–Trinajstić information content (AvgIpc) is 2.36. The zero-order chi connectivity index (χ0) is 14.0. The molecule has 104 valence electrons. The summed E-state index contributed by atoms with van der Waals surface area (Å²) in [5.74, 6) is 0.424. The number of amides is 1. The minimum Gasteiger partial charge on any atom is -0.447 e. The third kappa shape index (κ3) is 3.09. The zero-order valence-corrected chi connectivity index (χ0v) is 12.2. The molecule has 2 rings (SSSR count). The first-order valence-electron chi connectivity index (χ1n) is 7.03. The summed E-state index contributed by atoms with van der Waals surface area (Å²) in [5, 5.41) is 0. The molecule has 1 unspecified atom stereocenters. The van der Waals surface area contributed by atoms with Gasteiger partial charge in [0.2, 0.25) is 0 Å². The largest absolute Gasteiger partial charge is 0.447 e. The quantitative estimate of drug-likeness (QED) is 0.814. The summed E-state index contributed by atoms with van der Waals surface area (Å²) >= 11 is 0. The van der Waals surface area contributed by atoms with E-state index >= 15 is 0 Å². The van der Waals surface area contributed by atoms with Crippen molar-refractivity contribution < 1.29 is 9.53 Å². The van der Waals surface area contributed by atoms with E-state index in [2.05, 4.69) is 32.0 Å². The second-order valence-electron chi connectivity index (χ2n) is 5.84. The number of nitrogens with zero attached hydrogens (tertiary/aromatic N) is 1. The molecule has 0 aromatic heterocycles. The number of fused-ring (bicyclic) bond motifs is 1. The first-order chi connectivity index (χ1) is 8.99. The van der Waals surface area contributed by atoms with Crippen molar-refractivity contribution in [1.82, 2.24) is 4.90 Å². The summed E-state index contributed by atoms with van der Waals surface area (Å²) in [5.41, 5.74) is 2.59. The summed E-state index contributed by atoms with van der Waals surface area (Å²) in [7, 11) is 0. The lowest BCUT2D eigenvalue weighted by molar-refractivity contribution is 0.0478. The minimum atomic E-state index is -0.191. The van der Waals surface area contributed by atoms with Crippen molar-refractivity contribution in [2.75, 3.05) is 0 Å². The molecule has 1 amide bonds. The normalized spacial score (nSPS) is 18.6. The van der Waals surface area contributed by atoms with Crippen LogP contribution in [0.1, 0.15) is 38.8 Å². The van der Waals surface area contributed by atoms with E-state index in [1.54, 1.807) is 0 Å². The predicted molar refractivity (Wildman–Crippen MR) is 75.9 cm³/mol. The highest BCUT2D eigenvalue weighted by molar-refractivity contribution is 5.69. The van der Waals surface area contributed by atoms with Gasteiger partial charge in [0.05, 0.1) is 6.10 Å². The number of carbonyl (C=O) groups is 1. The molecule has 1 aromatic carbocycles. The zero-order valence-electron chi connectivity index (χ0n) is 12.2. The van der Waals surface area contributed by atoms with Gasteiger partial charge in [-0.15, -0.1) is 0 Å². The van der Waals surface area contributed by atoms with Crippen molar-refractivity contribution in [1.29, 1.82) is 0 Å². The van der Waals surface area contributed by atoms with Crippen molar-refractivity contribution in [3.05, 3.63) is 35.4 Å². The Morgan fingerprint density at radius 2 is 1.84 bits per heavy atom. The van der Waals surface area contributed by atoms with E-state index in [9.17, 15) is 4.79 Å². The summed E-state index contributed by atoms with van der Waals surface area (Å²) in [6.45, 7) is 8.76. The standard InChI is InChI=1S/C16H23NO2/c1-11(2)15-9-13-7-5-6-8-14(13)10-17(15)16(18)19-12(3)4/h5-8,11-12,15H,9-10H2,1-4H3. The van der Waals surface area contributed by atoms with Gasteiger partial charge in [-0.1, -0.05) is 38.1 Å². The van der Waals surface area contributed by atoms with Gasteiger partial charge < -0.3 is 9.64 Å². The number of hydrogen-bond donors (Lipinski definition) is 0. The van der Waals surface area contributed by atoms with Crippen LogP contribution in [-0.4, -0.2) is 23.1 Å². The lowest BCUT2D eigenvalue weighted by Gasteiger charge is -2.38. The average molecular weight is 261 g/mol. The molecule has 1 aliphatic heterocycles. The van der Waals surface area contributed by atoms with Crippen LogP contribution in [-0.2, 0) is 17.7 Å². The highest BCUT2D eigenvalue weighted by Crippen LogP contribution is 2.27. The molecule has 0 N–H and O–H groups in total. The maximum Gasteiger partial charge on any atom is 0.410 e. The van der Waals surface area contributed by atoms with Crippen molar-refractivity contribution >= 4 is 6.09 Å². The van der Waals surface area contributed by atoms with Gasteiger partial charge in [-0.25, -0.2) is 4.79 Å². The molecular weight excluding hydrogens is 238 g/mol. The molecule has 0 saturated heterocycles. The maximum atomic E-state index is 12.2. The van der Waals surface area contributed by atoms with E-state index in [-0.39, 0.29) is 18.2 Å². The topological polar surface area (TPSA) is 29.5 Å². The third-order valence-electron chi connectivity index (χ3n) is 3.63. The highest BCUT2D eigenvalue weighted by Gasteiger charge is 2.32. The first kappa shape index (κ1) is 13.9. The fourth-order valence-corrected chi connectivity index (χ4v) is 2.61. The molecule has 1 aliphatic rings. The Labute approximate surface area is 115 Å². The molecule has 1 aromatic rings. The molecule has 0 bridgehead atoms. The molecule has 19 heavy (non-hydrogen) atoms. The van der Waals surface area contributed by atoms with Gasteiger partial charge in [0.25, 0.3) is 0 Å². The van der Waals surface area contributed by atoms with Crippen molar-refractivity contribution in [3.63, 3.8) is 0 Å². The molecule has 0 saturated carbocycles. The third-order valence-corrected chi connectivity index (χ3v) is 3.63. The van der Waals surface area contributed by atoms with E-state index in [0.717, 1.165) is 6.42 Å². The minimum absolute atomic E-state index is 0.0718. The number of benzene rings is 1. The van der Waals surface area contributed by atoms with Crippen LogP contribution in [0.5, 0.6) is 0 Å². The molecule has 3 nitrogen and oxygen atoms in total. The summed E-state index contributed by atoms with van der Waals surface area (Å²) in [4.78, 5) is 14.1. The van der Waals surface area contributed by atoms with Crippen LogP contribution in [0.25, 0.3) is 0 Å². The molecule has 0 spiro atoms. The smallest absolute Gasteiger partial charge is 0.410 e. The summed E-state index contributed by atoms with van der Waals surface area (Å²) in [6.07, 6.45) is 0.654. The Balaban J connectivity index is 2.24. The van der Waals surface area contributed by atoms with Crippen LogP contribution in [0, 0.1) is 5.92 Å². The van der Waals surface area contributed by atoms with E-state index in [1.807, 2.05) is 24.8 Å². The van der Waals surface area contributed by atoms with Crippen molar-refractivity contribution in [2.45, 2.75) is 52.8 Å². The summed E-state index contributed by atoms with van der Waals surface area (Å²) in [6, 6.07) is 8.58. The van der Waals surface area contributed by atoms with Gasteiger partial charge >= 0.3 is 6.09 Å². The Morgan fingerprint density at radius 1 is 1.21 bits per heavy atom. The summed E-state index contributed by atoms with van der Waals surface area (Å²) < 4.78 is 5.37. The molecule has 3 heteroatoms. The second kappa shape index (κ2) is 5.64. The monoisotopic (exact) mass is 261 g/mol. The molecule has 0 aliphatic carbocycles. The van der Waals surface area contributed by atoms with E-state index in [0.29, 0.717) is 12.5 Å².